The molecule has 1 unspecified atom stereocenters. The summed E-state index contributed by atoms with van der Waals surface area (Å²) < 4.78 is 43.1. The highest BCUT2D eigenvalue weighted by atomic mass is 19.4. The fourth-order valence-electron chi connectivity index (χ4n) is 1.99. The van der Waals surface area contributed by atoms with Crippen molar-refractivity contribution in [3.63, 3.8) is 0 Å². The van der Waals surface area contributed by atoms with Crippen LogP contribution >= 0.6 is 0 Å². The number of rotatable bonds is 5. The van der Waals surface area contributed by atoms with Crippen molar-refractivity contribution in [2.75, 3.05) is 0 Å². The standard InChI is InChI=1S/C16H19F3O4/c1-15(2,3)23-13(20)9-11(14(21)22)7-10-5-4-6-12(8-10)16(17,18)19/h4-6,8,11H,7,9H2,1-3H3,(H,21,22). The molecule has 0 bridgehead atoms. The third-order valence-electron chi connectivity index (χ3n) is 2.92. The third-order valence-corrected chi connectivity index (χ3v) is 2.92. The lowest BCUT2D eigenvalue weighted by Gasteiger charge is -2.21. The zero-order valence-electron chi connectivity index (χ0n) is 13.1. The smallest absolute Gasteiger partial charge is 0.416 e. The van der Waals surface area contributed by atoms with Gasteiger partial charge in [0, 0.05) is 0 Å². The Morgan fingerprint density at radius 1 is 1.22 bits per heavy atom. The summed E-state index contributed by atoms with van der Waals surface area (Å²) in [5.41, 5.74) is -1.40. The summed E-state index contributed by atoms with van der Waals surface area (Å²) >= 11 is 0. The maximum absolute atomic E-state index is 12.7. The minimum Gasteiger partial charge on any atom is -0.481 e. The van der Waals surface area contributed by atoms with E-state index in [4.69, 9.17) is 4.74 Å². The average Bonchev–Trinajstić information content (AvgIpc) is 2.35. The molecule has 0 aliphatic carbocycles. The van der Waals surface area contributed by atoms with E-state index in [2.05, 4.69) is 0 Å². The predicted octanol–water partition coefficient (Wildman–Crippen LogP) is 3.68. The number of hydrogen-bond donors (Lipinski definition) is 1. The molecule has 1 aromatic rings. The van der Waals surface area contributed by atoms with Gasteiger partial charge in [-0.2, -0.15) is 13.2 Å². The molecule has 0 spiro atoms. The molecular weight excluding hydrogens is 313 g/mol. The van der Waals surface area contributed by atoms with Gasteiger partial charge in [0.2, 0.25) is 0 Å². The van der Waals surface area contributed by atoms with Crippen LogP contribution in [0.15, 0.2) is 24.3 Å². The van der Waals surface area contributed by atoms with Gasteiger partial charge in [-0.15, -0.1) is 0 Å². The second-order valence-corrected chi connectivity index (χ2v) is 6.23. The molecule has 0 amide bonds. The van der Waals surface area contributed by atoms with E-state index < -0.39 is 41.6 Å². The van der Waals surface area contributed by atoms with E-state index in [9.17, 15) is 27.9 Å². The number of aliphatic carboxylic acids is 1. The maximum Gasteiger partial charge on any atom is 0.416 e. The highest BCUT2D eigenvalue weighted by Gasteiger charge is 2.31. The van der Waals surface area contributed by atoms with Gasteiger partial charge < -0.3 is 9.84 Å². The van der Waals surface area contributed by atoms with Gasteiger partial charge in [0.25, 0.3) is 0 Å². The van der Waals surface area contributed by atoms with E-state index >= 15 is 0 Å². The van der Waals surface area contributed by atoms with Gasteiger partial charge in [-0.25, -0.2) is 0 Å². The van der Waals surface area contributed by atoms with Gasteiger partial charge in [0.05, 0.1) is 17.9 Å². The summed E-state index contributed by atoms with van der Waals surface area (Å²) in [6.07, 6.45) is -5.08. The Balaban J connectivity index is 2.85. The number of carbonyl (C=O) groups is 2. The molecule has 1 aromatic carbocycles. The number of alkyl halides is 3. The lowest BCUT2D eigenvalue weighted by molar-refractivity contribution is -0.159. The third kappa shape index (κ3) is 6.71. The van der Waals surface area contributed by atoms with Gasteiger partial charge in [0.1, 0.15) is 5.60 Å². The Labute approximate surface area is 132 Å². The highest BCUT2D eigenvalue weighted by molar-refractivity contribution is 5.79. The Morgan fingerprint density at radius 2 is 1.83 bits per heavy atom. The van der Waals surface area contributed by atoms with Gasteiger partial charge in [-0.3, -0.25) is 9.59 Å². The summed E-state index contributed by atoms with van der Waals surface area (Å²) in [6, 6.07) is 4.42. The minimum absolute atomic E-state index is 0.182. The lowest BCUT2D eigenvalue weighted by Crippen LogP contribution is -2.28. The van der Waals surface area contributed by atoms with E-state index in [-0.39, 0.29) is 12.0 Å². The van der Waals surface area contributed by atoms with Crippen molar-refractivity contribution in [1.29, 1.82) is 0 Å². The molecule has 1 N–H and O–H groups in total. The number of carbonyl (C=O) groups excluding carboxylic acids is 1. The van der Waals surface area contributed by atoms with Crippen LogP contribution < -0.4 is 0 Å². The first kappa shape index (κ1) is 19.0. The normalized spacial score (nSPS) is 13.5. The summed E-state index contributed by atoms with van der Waals surface area (Å²) in [6.45, 7) is 4.94. The van der Waals surface area contributed by atoms with Crippen molar-refractivity contribution in [3.05, 3.63) is 35.4 Å². The molecular formula is C16H19F3O4. The van der Waals surface area contributed by atoms with E-state index in [1.807, 2.05) is 0 Å². The fraction of sp³-hybridized carbons (Fsp3) is 0.500. The summed E-state index contributed by atoms with van der Waals surface area (Å²) in [5.74, 6) is -3.10. The molecule has 0 heterocycles. The summed E-state index contributed by atoms with van der Waals surface area (Å²) in [4.78, 5) is 23.0. The largest absolute Gasteiger partial charge is 0.481 e. The topological polar surface area (TPSA) is 63.6 Å². The molecule has 0 aliphatic heterocycles. The molecule has 23 heavy (non-hydrogen) atoms. The molecule has 128 valence electrons. The van der Waals surface area contributed by atoms with Crippen LogP contribution in [0.2, 0.25) is 0 Å². The van der Waals surface area contributed by atoms with Crippen LogP contribution in [0.3, 0.4) is 0 Å². The first-order valence-corrected chi connectivity index (χ1v) is 6.99. The van der Waals surface area contributed by atoms with Gasteiger partial charge >= 0.3 is 18.1 Å². The second kappa shape index (κ2) is 7.02. The highest BCUT2D eigenvalue weighted by Crippen LogP contribution is 2.30. The molecule has 0 fully saturated rings. The summed E-state index contributed by atoms with van der Waals surface area (Å²) in [7, 11) is 0. The van der Waals surface area contributed by atoms with Crippen molar-refractivity contribution in [2.24, 2.45) is 5.92 Å². The SMILES string of the molecule is CC(C)(C)OC(=O)CC(Cc1cccc(C(F)(F)F)c1)C(=O)O. The molecule has 0 aromatic heterocycles. The van der Waals surface area contributed by atoms with Crippen LogP contribution in [-0.4, -0.2) is 22.6 Å². The molecule has 1 rings (SSSR count). The Kier molecular flexibility index (Phi) is 5.80. The number of hydrogen-bond acceptors (Lipinski definition) is 3. The van der Waals surface area contributed by atoms with Crippen molar-refractivity contribution in [3.8, 4) is 0 Å². The second-order valence-electron chi connectivity index (χ2n) is 6.23. The van der Waals surface area contributed by atoms with Crippen LogP contribution in [0, 0.1) is 5.92 Å². The fourth-order valence-corrected chi connectivity index (χ4v) is 1.99. The Hall–Kier alpha value is -2.05. The van der Waals surface area contributed by atoms with Crippen LogP contribution in [0.5, 0.6) is 0 Å². The molecule has 0 radical (unpaired) electrons. The van der Waals surface area contributed by atoms with Gasteiger partial charge in [0.15, 0.2) is 0 Å². The molecule has 0 aliphatic rings. The van der Waals surface area contributed by atoms with Crippen molar-refractivity contribution < 1.29 is 32.6 Å². The van der Waals surface area contributed by atoms with Crippen molar-refractivity contribution in [2.45, 2.75) is 45.4 Å². The minimum atomic E-state index is -4.50. The zero-order chi connectivity index (χ0) is 17.8. The first-order chi connectivity index (χ1) is 10.4. The molecule has 7 heteroatoms. The number of benzene rings is 1. The van der Waals surface area contributed by atoms with Crippen LogP contribution in [0.25, 0.3) is 0 Å². The number of esters is 1. The molecule has 0 saturated carbocycles. The van der Waals surface area contributed by atoms with E-state index in [0.717, 1.165) is 12.1 Å². The predicted molar refractivity (Wildman–Crippen MR) is 76.7 cm³/mol. The average molecular weight is 332 g/mol. The van der Waals surface area contributed by atoms with E-state index in [1.54, 1.807) is 20.8 Å². The van der Waals surface area contributed by atoms with Crippen molar-refractivity contribution >= 4 is 11.9 Å². The quantitative estimate of drug-likeness (QED) is 0.836. The number of carboxylic acid groups (broad SMARTS) is 1. The van der Waals surface area contributed by atoms with E-state index in [1.165, 1.54) is 12.1 Å². The Bertz CT molecular complexity index is 573. The maximum atomic E-state index is 12.7. The first-order valence-electron chi connectivity index (χ1n) is 6.99. The van der Waals surface area contributed by atoms with Crippen LogP contribution in [-0.2, 0) is 26.9 Å². The zero-order valence-corrected chi connectivity index (χ0v) is 13.1. The van der Waals surface area contributed by atoms with Crippen LogP contribution in [0.4, 0.5) is 13.2 Å². The van der Waals surface area contributed by atoms with Gasteiger partial charge in [-0.05, 0) is 38.8 Å². The number of carboxylic acids is 1. The van der Waals surface area contributed by atoms with E-state index in [0.29, 0.717) is 0 Å². The Morgan fingerprint density at radius 3 is 2.30 bits per heavy atom. The van der Waals surface area contributed by atoms with Crippen molar-refractivity contribution in [1.82, 2.24) is 0 Å². The number of ether oxygens (including phenoxy) is 1. The summed E-state index contributed by atoms with van der Waals surface area (Å²) in [5, 5.41) is 9.18. The van der Waals surface area contributed by atoms with Gasteiger partial charge in [-0.1, -0.05) is 18.2 Å². The molecule has 1 atom stereocenters. The number of halogens is 3. The van der Waals surface area contributed by atoms with Crippen LogP contribution in [0.1, 0.15) is 38.3 Å². The monoisotopic (exact) mass is 332 g/mol. The molecule has 0 saturated heterocycles. The molecule has 4 nitrogen and oxygen atoms in total. The lowest BCUT2D eigenvalue weighted by atomic mass is 9.95.